The number of ether oxygens (including phenoxy) is 2. The van der Waals surface area contributed by atoms with Crippen LogP contribution >= 0.6 is 0 Å². The molecule has 0 aromatic heterocycles. The van der Waals surface area contributed by atoms with E-state index in [4.69, 9.17) is 14.6 Å². The van der Waals surface area contributed by atoms with Crippen molar-refractivity contribution in [3.63, 3.8) is 0 Å². The van der Waals surface area contributed by atoms with Crippen molar-refractivity contribution >= 4 is 11.8 Å². The van der Waals surface area contributed by atoms with E-state index in [1.807, 2.05) is 13.8 Å². The van der Waals surface area contributed by atoms with E-state index in [-0.39, 0.29) is 19.1 Å². The van der Waals surface area contributed by atoms with Crippen molar-refractivity contribution in [3.8, 4) is 0 Å². The molecule has 14 heteroatoms. The number of carbonyl (C=O) groups excluding carboxylic acids is 2. The highest BCUT2D eigenvalue weighted by Crippen LogP contribution is 2.24. The molecule has 0 radical (unpaired) electrons. The zero-order valence-corrected chi connectivity index (χ0v) is 24.3. The molecule has 0 spiro atoms. The smallest absolute Gasteiger partial charge is 0.251 e. The summed E-state index contributed by atoms with van der Waals surface area (Å²) in [7, 11) is 0. The number of aliphatic hydroxyl groups is 8. The van der Waals surface area contributed by atoms with E-state index in [0.717, 1.165) is 19.3 Å². The highest BCUT2D eigenvalue weighted by atomic mass is 16.8. The highest BCUT2D eigenvalue weighted by molar-refractivity contribution is 5.81. The van der Waals surface area contributed by atoms with Crippen molar-refractivity contribution < 1.29 is 59.9 Å². The molecule has 0 bridgehead atoms. The molecule has 1 aliphatic heterocycles. The predicted molar refractivity (Wildman–Crippen MR) is 146 cm³/mol. The Labute approximate surface area is 237 Å². The van der Waals surface area contributed by atoms with Crippen molar-refractivity contribution in [2.24, 2.45) is 0 Å². The van der Waals surface area contributed by atoms with Crippen LogP contribution in [0.1, 0.15) is 79.1 Å². The number of unbranched alkanes of at least 4 members (excludes halogenated alkanes) is 5. The first-order valence-corrected chi connectivity index (χ1v) is 14.2. The van der Waals surface area contributed by atoms with Crippen LogP contribution in [-0.4, -0.2) is 128 Å². The number of rotatable bonds is 18. The Morgan fingerprint density at radius 1 is 0.850 bits per heavy atom. The molecular weight excluding hydrogens is 532 g/mol. The third-order valence-electron chi connectivity index (χ3n) is 5.71. The second-order valence-electron chi connectivity index (χ2n) is 8.99. The number of nitrogens with one attached hydrogen (secondary N) is 2. The summed E-state index contributed by atoms with van der Waals surface area (Å²) in [6.45, 7) is 7.53. The van der Waals surface area contributed by atoms with Crippen LogP contribution in [-0.2, 0) is 19.1 Å². The Hall–Kier alpha value is -1.46. The van der Waals surface area contributed by atoms with Gasteiger partial charge in [-0.1, -0.05) is 52.9 Å². The van der Waals surface area contributed by atoms with Gasteiger partial charge in [0, 0.05) is 26.1 Å². The minimum Gasteiger partial charge on any atom is -0.397 e. The molecule has 10 N–H and O–H groups in total. The Kier molecular flexibility index (Phi) is 25.7. The Bertz CT molecular complexity index is 630. The molecule has 0 saturated carbocycles. The SMILES string of the molecule is CC.CCCCCCCCC(=O)NCCCNC(=O)C(O)C(O)C(OC1OC(O)C(O)C1O)C(O)CO.CCO. The number of amides is 2. The standard InChI is InChI=1S/C22H42N2O11.C2H6O.C2H6/c1-2-3-4-5-6-7-9-14(27)23-10-8-11-24-20(32)16(29)15(28)19(13(26)12-25)34-22-18(31)17(30)21(33)35-22;1-2-3;1-2/h13,15-19,21-22,25-26,28-31,33H,2-12H2,1H3,(H,23,27)(H,24,32);3H,2H2,1H3;1-2H3. The molecule has 1 saturated heterocycles. The van der Waals surface area contributed by atoms with Crippen molar-refractivity contribution in [2.75, 3.05) is 26.3 Å². The van der Waals surface area contributed by atoms with Crippen LogP contribution in [0.2, 0.25) is 0 Å². The first kappa shape index (κ1) is 40.7. The van der Waals surface area contributed by atoms with E-state index in [0.29, 0.717) is 19.4 Å². The van der Waals surface area contributed by atoms with Gasteiger partial charge in [-0.2, -0.15) is 0 Å². The normalized spacial score (nSPS) is 23.0. The van der Waals surface area contributed by atoms with Gasteiger partial charge in [-0.05, 0) is 19.8 Å². The first-order chi connectivity index (χ1) is 19.0. The predicted octanol–water partition coefficient (Wildman–Crippen LogP) is -1.76. The van der Waals surface area contributed by atoms with E-state index in [1.165, 1.54) is 19.3 Å². The monoisotopic (exact) mass is 586 g/mol. The zero-order valence-electron chi connectivity index (χ0n) is 24.3. The molecule has 1 heterocycles. The van der Waals surface area contributed by atoms with Gasteiger partial charge in [-0.3, -0.25) is 9.59 Å². The molecule has 1 aliphatic rings. The molecule has 1 fully saturated rings. The molecule has 240 valence electrons. The Morgan fingerprint density at radius 2 is 1.40 bits per heavy atom. The lowest BCUT2D eigenvalue weighted by Gasteiger charge is -2.31. The van der Waals surface area contributed by atoms with Gasteiger partial charge in [0.05, 0.1) is 6.61 Å². The Balaban J connectivity index is 0. The average Bonchev–Trinajstić information content (AvgIpc) is 3.19. The number of carbonyl (C=O) groups is 2. The summed E-state index contributed by atoms with van der Waals surface area (Å²) in [6, 6.07) is 0. The molecular formula is C26H54N2O12. The second kappa shape index (κ2) is 25.3. The van der Waals surface area contributed by atoms with Crippen molar-refractivity contribution in [2.45, 2.75) is 128 Å². The fraction of sp³-hybridized carbons (Fsp3) is 0.923. The van der Waals surface area contributed by atoms with Crippen molar-refractivity contribution in [1.29, 1.82) is 0 Å². The molecule has 0 aliphatic carbocycles. The number of hydrogen-bond donors (Lipinski definition) is 10. The molecule has 8 unspecified atom stereocenters. The van der Waals surface area contributed by atoms with Gasteiger partial charge in [0.15, 0.2) is 18.7 Å². The summed E-state index contributed by atoms with van der Waals surface area (Å²) in [5.41, 5.74) is 0. The Morgan fingerprint density at radius 3 is 1.93 bits per heavy atom. The van der Waals surface area contributed by atoms with Crippen molar-refractivity contribution in [3.05, 3.63) is 0 Å². The molecule has 14 nitrogen and oxygen atoms in total. The number of hydrogen-bond acceptors (Lipinski definition) is 12. The zero-order chi connectivity index (χ0) is 31.1. The van der Waals surface area contributed by atoms with Gasteiger partial charge in [-0.15, -0.1) is 0 Å². The lowest BCUT2D eigenvalue weighted by Crippen LogP contribution is -2.54. The van der Waals surface area contributed by atoms with Crippen LogP contribution in [0.4, 0.5) is 0 Å². The van der Waals surface area contributed by atoms with Gasteiger partial charge in [0.2, 0.25) is 5.91 Å². The minimum atomic E-state index is -2.09. The third kappa shape index (κ3) is 16.7. The van der Waals surface area contributed by atoms with Crippen LogP contribution in [0.3, 0.4) is 0 Å². The fourth-order valence-corrected chi connectivity index (χ4v) is 3.52. The van der Waals surface area contributed by atoms with Crippen molar-refractivity contribution in [1.82, 2.24) is 10.6 Å². The van der Waals surface area contributed by atoms with Crippen LogP contribution in [0, 0.1) is 0 Å². The maximum Gasteiger partial charge on any atom is 0.251 e. The summed E-state index contributed by atoms with van der Waals surface area (Å²) < 4.78 is 9.91. The lowest BCUT2D eigenvalue weighted by atomic mass is 10.0. The molecule has 0 aromatic carbocycles. The quantitative estimate of drug-likeness (QED) is 0.0804. The van der Waals surface area contributed by atoms with E-state index in [9.17, 15) is 45.3 Å². The van der Waals surface area contributed by atoms with Gasteiger partial charge in [0.25, 0.3) is 5.91 Å². The summed E-state index contributed by atoms with van der Waals surface area (Å²) >= 11 is 0. The molecule has 1 rings (SSSR count). The lowest BCUT2D eigenvalue weighted by molar-refractivity contribution is -0.257. The summed E-state index contributed by atoms with van der Waals surface area (Å²) in [4.78, 5) is 24.0. The van der Waals surface area contributed by atoms with E-state index in [1.54, 1.807) is 6.92 Å². The molecule has 8 atom stereocenters. The van der Waals surface area contributed by atoms with E-state index < -0.39 is 61.7 Å². The highest BCUT2D eigenvalue weighted by Gasteiger charge is 2.46. The molecule has 40 heavy (non-hydrogen) atoms. The van der Waals surface area contributed by atoms with Gasteiger partial charge < -0.3 is 61.0 Å². The fourth-order valence-electron chi connectivity index (χ4n) is 3.52. The van der Waals surface area contributed by atoms with Crippen LogP contribution in [0.5, 0.6) is 0 Å². The molecule has 0 aromatic rings. The number of aliphatic hydroxyl groups excluding tert-OH is 8. The maximum absolute atomic E-state index is 12.2. The first-order valence-electron chi connectivity index (χ1n) is 14.2. The summed E-state index contributed by atoms with van der Waals surface area (Å²) in [5.74, 6) is -1.07. The van der Waals surface area contributed by atoms with Gasteiger partial charge >= 0.3 is 0 Å². The van der Waals surface area contributed by atoms with E-state index in [2.05, 4.69) is 17.6 Å². The van der Waals surface area contributed by atoms with Crippen LogP contribution < -0.4 is 10.6 Å². The van der Waals surface area contributed by atoms with E-state index >= 15 is 0 Å². The average molecular weight is 587 g/mol. The second-order valence-corrected chi connectivity index (χ2v) is 8.99. The molecule has 2 amide bonds. The largest absolute Gasteiger partial charge is 0.397 e. The topological polar surface area (TPSA) is 238 Å². The van der Waals surface area contributed by atoms with Gasteiger partial charge in [0.1, 0.15) is 30.5 Å². The minimum absolute atomic E-state index is 0.0770. The van der Waals surface area contributed by atoms with Crippen LogP contribution in [0.25, 0.3) is 0 Å². The van der Waals surface area contributed by atoms with Gasteiger partial charge in [-0.25, -0.2) is 0 Å². The summed E-state index contributed by atoms with van der Waals surface area (Å²) in [5, 5.41) is 81.0. The third-order valence-corrected chi connectivity index (χ3v) is 5.71. The summed E-state index contributed by atoms with van der Waals surface area (Å²) in [6.07, 6.45) is -7.41. The maximum atomic E-state index is 12.2. The van der Waals surface area contributed by atoms with Crippen LogP contribution in [0.15, 0.2) is 0 Å².